The molecule has 34 heavy (non-hydrogen) atoms. The van der Waals surface area contributed by atoms with E-state index in [1.807, 2.05) is 12.1 Å². The standard InChI is InChI=1S/C16H20N2.C11H10O5/c1-3-7-15(8-4-1)13-17-11-12-18-14-16-9-5-2-6-10-16;1-6(12)8-4-3-5-9(11(14)15)10(8)16-7(2)13/h1-10,17-18H,11-14H2;3-5H,1-2H3,(H,14,15). The number of hydrogen-bond acceptors (Lipinski definition) is 6. The van der Waals surface area contributed by atoms with E-state index < -0.39 is 11.9 Å². The molecule has 0 saturated carbocycles. The van der Waals surface area contributed by atoms with Crippen LogP contribution in [0.1, 0.15) is 45.7 Å². The van der Waals surface area contributed by atoms with E-state index in [0.29, 0.717) is 0 Å². The van der Waals surface area contributed by atoms with E-state index in [4.69, 9.17) is 9.84 Å². The van der Waals surface area contributed by atoms with E-state index >= 15 is 0 Å². The Morgan fingerprint density at radius 1 is 0.706 bits per heavy atom. The van der Waals surface area contributed by atoms with E-state index in [-0.39, 0.29) is 22.7 Å². The lowest BCUT2D eigenvalue weighted by Gasteiger charge is -2.09. The number of para-hydroxylation sites is 1. The highest BCUT2D eigenvalue weighted by Gasteiger charge is 2.19. The summed E-state index contributed by atoms with van der Waals surface area (Å²) in [6.07, 6.45) is 0. The van der Waals surface area contributed by atoms with Gasteiger partial charge in [-0.1, -0.05) is 66.7 Å². The van der Waals surface area contributed by atoms with Crippen LogP contribution in [0.2, 0.25) is 0 Å². The van der Waals surface area contributed by atoms with Crippen molar-refractivity contribution >= 4 is 17.7 Å². The molecule has 3 N–H and O–H groups in total. The third-order valence-corrected chi connectivity index (χ3v) is 4.69. The number of hydrogen-bond donors (Lipinski definition) is 3. The Labute approximate surface area is 199 Å². The molecule has 0 amide bonds. The predicted molar refractivity (Wildman–Crippen MR) is 131 cm³/mol. The number of ether oxygens (including phenoxy) is 1. The third-order valence-electron chi connectivity index (χ3n) is 4.69. The van der Waals surface area contributed by atoms with Gasteiger partial charge in [0, 0.05) is 33.1 Å². The SMILES string of the molecule is CC(=O)Oc1c(C(C)=O)cccc1C(=O)O.c1ccc(CNCCNCc2ccccc2)cc1. The topological polar surface area (TPSA) is 105 Å². The second-order valence-corrected chi connectivity index (χ2v) is 7.46. The number of Topliss-reactive ketones (excluding diaryl/α,β-unsaturated/α-hetero) is 1. The Balaban J connectivity index is 0.000000242. The molecule has 0 radical (unpaired) electrons. The number of carbonyl (C=O) groups is 3. The Morgan fingerprint density at radius 3 is 1.59 bits per heavy atom. The molecule has 0 spiro atoms. The molecule has 3 aromatic carbocycles. The monoisotopic (exact) mass is 462 g/mol. The fourth-order valence-electron chi connectivity index (χ4n) is 3.07. The average molecular weight is 463 g/mol. The van der Waals surface area contributed by atoms with Crippen LogP contribution in [-0.2, 0) is 17.9 Å². The minimum atomic E-state index is -1.25. The first-order chi connectivity index (χ1) is 16.4. The Morgan fingerprint density at radius 2 is 1.18 bits per heavy atom. The third kappa shape index (κ3) is 9.36. The number of rotatable bonds is 10. The molecule has 0 saturated heterocycles. The molecular weight excluding hydrogens is 432 g/mol. The van der Waals surface area contributed by atoms with E-state index in [1.54, 1.807) is 0 Å². The maximum absolute atomic E-state index is 11.2. The van der Waals surface area contributed by atoms with Gasteiger partial charge in [0.15, 0.2) is 11.5 Å². The summed E-state index contributed by atoms with van der Waals surface area (Å²) in [6, 6.07) is 25.1. The zero-order valence-electron chi connectivity index (χ0n) is 19.4. The minimum absolute atomic E-state index is 0.0788. The summed E-state index contributed by atoms with van der Waals surface area (Å²) in [5.74, 6) is -2.48. The summed E-state index contributed by atoms with van der Waals surface area (Å²) in [7, 11) is 0. The van der Waals surface area contributed by atoms with Gasteiger partial charge in [-0.25, -0.2) is 4.79 Å². The van der Waals surface area contributed by atoms with Crippen LogP contribution < -0.4 is 15.4 Å². The maximum Gasteiger partial charge on any atom is 0.339 e. The maximum atomic E-state index is 11.2. The van der Waals surface area contributed by atoms with Crippen LogP contribution in [0.25, 0.3) is 0 Å². The first-order valence-corrected chi connectivity index (χ1v) is 10.9. The zero-order chi connectivity index (χ0) is 24.8. The highest BCUT2D eigenvalue weighted by molar-refractivity contribution is 6.02. The van der Waals surface area contributed by atoms with Crippen LogP contribution in [0.3, 0.4) is 0 Å². The van der Waals surface area contributed by atoms with Crippen LogP contribution in [-0.4, -0.2) is 35.9 Å². The van der Waals surface area contributed by atoms with Crippen molar-refractivity contribution in [1.29, 1.82) is 0 Å². The lowest BCUT2D eigenvalue weighted by molar-refractivity contribution is -0.131. The molecular formula is C27H30N2O5. The first kappa shape index (κ1) is 26.4. The number of nitrogens with one attached hydrogen (secondary N) is 2. The molecule has 0 heterocycles. The molecule has 3 rings (SSSR count). The highest BCUT2D eigenvalue weighted by atomic mass is 16.5. The van der Waals surface area contributed by atoms with Gasteiger partial charge in [0.05, 0.1) is 5.56 Å². The van der Waals surface area contributed by atoms with Crippen molar-refractivity contribution < 1.29 is 24.2 Å². The molecule has 178 valence electrons. The van der Waals surface area contributed by atoms with Crippen molar-refractivity contribution in [2.45, 2.75) is 26.9 Å². The van der Waals surface area contributed by atoms with Gasteiger partial charge in [-0.15, -0.1) is 0 Å². The number of esters is 1. The normalized spacial score (nSPS) is 10.1. The molecule has 7 heteroatoms. The van der Waals surface area contributed by atoms with Crippen molar-refractivity contribution in [2.24, 2.45) is 0 Å². The summed E-state index contributed by atoms with van der Waals surface area (Å²) in [5, 5.41) is 15.7. The molecule has 0 unspecified atom stereocenters. The second kappa shape index (κ2) is 14.4. The van der Waals surface area contributed by atoms with Crippen LogP contribution in [0, 0.1) is 0 Å². The molecule has 7 nitrogen and oxygen atoms in total. The Kier molecular flexibility index (Phi) is 11.2. The fraction of sp³-hybridized carbons (Fsp3) is 0.222. The number of ketones is 1. The number of carboxylic acids is 1. The van der Waals surface area contributed by atoms with Crippen LogP contribution in [0.5, 0.6) is 5.75 Å². The molecule has 0 aromatic heterocycles. The van der Waals surface area contributed by atoms with E-state index in [0.717, 1.165) is 33.1 Å². The second-order valence-electron chi connectivity index (χ2n) is 7.46. The van der Waals surface area contributed by atoms with Gasteiger partial charge in [-0.05, 0) is 30.2 Å². The summed E-state index contributed by atoms with van der Waals surface area (Å²) >= 11 is 0. The van der Waals surface area contributed by atoms with Crippen molar-refractivity contribution in [3.63, 3.8) is 0 Å². The van der Waals surface area contributed by atoms with Crippen LogP contribution in [0.15, 0.2) is 78.9 Å². The average Bonchev–Trinajstić information content (AvgIpc) is 2.82. The van der Waals surface area contributed by atoms with Gasteiger partial charge in [0.2, 0.25) is 0 Å². The molecule has 0 aliphatic carbocycles. The number of carbonyl (C=O) groups excluding carboxylic acids is 2. The van der Waals surface area contributed by atoms with Crippen molar-refractivity contribution in [3.05, 3.63) is 101 Å². The lowest BCUT2D eigenvalue weighted by Crippen LogP contribution is -2.26. The smallest absolute Gasteiger partial charge is 0.339 e. The van der Waals surface area contributed by atoms with Gasteiger partial charge in [-0.2, -0.15) is 0 Å². The summed E-state index contributed by atoms with van der Waals surface area (Å²) in [4.78, 5) is 33.0. The van der Waals surface area contributed by atoms with Crippen LogP contribution in [0.4, 0.5) is 0 Å². The number of benzene rings is 3. The van der Waals surface area contributed by atoms with Crippen LogP contribution >= 0.6 is 0 Å². The number of carboxylic acid groups (broad SMARTS) is 1. The van der Waals surface area contributed by atoms with Gasteiger partial charge >= 0.3 is 11.9 Å². The van der Waals surface area contributed by atoms with E-state index in [1.165, 1.54) is 36.2 Å². The van der Waals surface area contributed by atoms with Gasteiger partial charge in [0.25, 0.3) is 0 Å². The zero-order valence-corrected chi connectivity index (χ0v) is 19.4. The van der Waals surface area contributed by atoms with Crippen molar-refractivity contribution in [3.8, 4) is 5.75 Å². The molecule has 0 aliphatic heterocycles. The van der Waals surface area contributed by atoms with Crippen molar-refractivity contribution in [1.82, 2.24) is 10.6 Å². The number of aromatic carboxylic acids is 1. The molecule has 0 aliphatic rings. The molecule has 0 bridgehead atoms. The molecule has 3 aromatic rings. The lowest BCUT2D eigenvalue weighted by atomic mass is 10.1. The van der Waals surface area contributed by atoms with Gasteiger partial charge in [0.1, 0.15) is 5.56 Å². The van der Waals surface area contributed by atoms with Gasteiger partial charge in [-0.3, -0.25) is 9.59 Å². The largest absolute Gasteiger partial charge is 0.478 e. The molecule has 0 fully saturated rings. The fourth-order valence-corrected chi connectivity index (χ4v) is 3.07. The summed E-state index contributed by atoms with van der Waals surface area (Å²) in [6.45, 7) is 6.27. The predicted octanol–water partition coefficient (Wildman–Crippen LogP) is 4.08. The van der Waals surface area contributed by atoms with E-state index in [9.17, 15) is 14.4 Å². The van der Waals surface area contributed by atoms with E-state index in [2.05, 4.69) is 59.2 Å². The Bertz CT molecular complexity index is 993. The quantitative estimate of drug-likeness (QED) is 0.180. The highest BCUT2D eigenvalue weighted by Crippen LogP contribution is 2.25. The first-order valence-electron chi connectivity index (χ1n) is 10.9. The summed E-state index contributed by atoms with van der Waals surface area (Å²) < 4.78 is 4.76. The van der Waals surface area contributed by atoms with Crippen molar-refractivity contribution in [2.75, 3.05) is 13.1 Å². The van der Waals surface area contributed by atoms with Gasteiger partial charge < -0.3 is 20.5 Å². The minimum Gasteiger partial charge on any atom is -0.478 e. The molecule has 0 atom stereocenters. The Hall–Kier alpha value is -3.81. The summed E-state index contributed by atoms with van der Waals surface area (Å²) in [5.41, 5.74) is 2.54.